The van der Waals surface area contributed by atoms with Crippen LogP contribution in [0.25, 0.3) is 0 Å². The number of piperidine rings is 1. The van der Waals surface area contributed by atoms with Crippen LogP contribution in [0.2, 0.25) is 0 Å². The largest absolute Gasteiger partial charge is 0.444 e. The molecule has 1 aromatic rings. The highest BCUT2D eigenvalue weighted by atomic mass is 16.6. The Labute approximate surface area is 142 Å². The number of carbonyl (C=O) groups is 1. The molecule has 1 aromatic heterocycles. The maximum Gasteiger partial charge on any atom is 0.410 e. The van der Waals surface area contributed by atoms with Crippen LogP contribution in [-0.4, -0.2) is 64.8 Å². The normalized spacial score (nSPS) is 18.0. The van der Waals surface area contributed by atoms with E-state index in [2.05, 4.69) is 30.9 Å². The van der Waals surface area contributed by atoms with Crippen LogP contribution in [0.15, 0.2) is 0 Å². The molecule has 0 radical (unpaired) electrons. The first kappa shape index (κ1) is 18.0. The zero-order valence-electron chi connectivity index (χ0n) is 15.0. The fraction of sp³-hybridized carbons (Fsp3) is 0.733. The summed E-state index contributed by atoms with van der Waals surface area (Å²) in [4.78, 5) is 26.7. The van der Waals surface area contributed by atoms with E-state index in [0.29, 0.717) is 30.9 Å². The number of rotatable bonds is 4. The number of amides is 1. The smallest absolute Gasteiger partial charge is 0.410 e. The number of nitrogens with zero attached hydrogens (tertiary/aromatic N) is 4. The van der Waals surface area contributed by atoms with Gasteiger partial charge in [0.25, 0.3) is 0 Å². The molecule has 24 heavy (non-hydrogen) atoms. The Morgan fingerprint density at radius 2 is 1.71 bits per heavy atom. The highest BCUT2D eigenvalue weighted by Gasteiger charge is 2.28. The van der Waals surface area contributed by atoms with E-state index in [4.69, 9.17) is 4.74 Å². The number of anilines is 3. The summed E-state index contributed by atoms with van der Waals surface area (Å²) in [5.74, 6) is 1.45. The SMILES string of the molecule is CNc1nc(NC)nc(N[C@@H]2CCCN(C(=O)OC(C)(C)C)C2)n1. The lowest BCUT2D eigenvalue weighted by Crippen LogP contribution is -2.47. The molecule has 9 nitrogen and oxygen atoms in total. The molecule has 1 aliphatic heterocycles. The molecule has 1 fully saturated rings. The molecule has 3 N–H and O–H groups in total. The van der Waals surface area contributed by atoms with Crippen molar-refractivity contribution in [2.24, 2.45) is 0 Å². The zero-order chi connectivity index (χ0) is 17.7. The van der Waals surface area contributed by atoms with Crippen molar-refractivity contribution in [2.45, 2.75) is 45.3 Å². The minimum Gasteiger partial charge on any atom is -0.444 e. The molecule has 0 spiro atoms. The van der Waals surface area contributed by atoms with Gasteiger partial charge in [-0.2, -0.15) is 15.0 Å². The van der Waals surface area contributed by atoms with Crippen molar-refractivity contribution in [3.8, 4) is 0 Å². The molecule has 0 unspecified atom stereocenters. The Kier molecular flexibility index (Phi) is 5.63. The first-order chi connectivity index (χ1) is 11.3. The Balaban J connectivity index is 2.01. The molecular formula is C15H27N7O2. The van der Waals surface area contributed by atoms with Crippen molar-refractivity contribution in [2.75, 3.05) is 43.1 Å². The van der Waals surface area contributed by atoms with Gasteiger partial charge in [-0.05, 0) is 33.6 Å². The maximum atomic E-state index is 12.2. The molecule has 134 valence electrons. The third kappa shape index (κ3) is 5.10. The lowest BCUT2D eigenvalue weighted by atomic mass is 10.1. The molecule has 0 saturated carbocycles. The topological polar surface area (TPSA) is 104 Å². The fourth-order valence-corrected chi connectivity index (χ4v) is 2.43. The molecule has 0 aliphatic carbocycles. The van der Waals surface area contributed by atoms with Gasteiger partial charge in [0, 0.05) is 33.2 Å². The van der Waals surface area contributed by atoms with E-state index >= 15 is 0 Å². The van der Waals surface area contributed by atoms with E-state index in [9.17, 15) is 4.79 Å². The molecule has 1 saturated heterocycles. The summed E-state index contributed by atoms with van der Waals surface area (Å²) in [6.07, 6.45) is 1.56. The second-order valence-electron chi connectivity index (χ2n) is 6.72. The number of nitrogens with one attached hydrogen (secondary N) is 3. The van der Waals surface area contributed by atoms with Gasteiger partial charge in [-0.1, -0.05) is 0 Å². The predicted octanol–water partition coefficient (Wildman–Crippen LogP) is 1.77. The van der Waals surface area contributed by atoms with Gasteiger partial charge in [-0.15, -0.1) is 0 Å². The number of likely N-dealkylation sites (tertiary alicyclic amines) is 1. The van der Waals surface area contributed by atoms with Gasteiger partial charge in [0.1, 0.15) is 5.60 Å². The zero-order valence-corrected chi connectivity index (χ0v) is 15.0. The number of aromatic nitrogens is 3. The summed E-state index contributed by atoms with van der Waals surface area (Å²) in [5.41, 5.74) is -0.491. The van der Waals surface area contributed by atoms with Gasteiger partial charge < -0.3 is 25.6 Å². The van der Waals surface area contributed by atoms with Gasteiger partial charge in [-0.3, -0.25) is 0 Å². The van der Waals surface area contributed by atoms with Crippen LogP contribution in [-0.2, 0) is 4.74 Å². The Morgan fingerprint density at radius 3 is 2.25 bits per heavy atom. The lowest BCUT2D eigenvalue weighted by Gasteiger charge is -2.34. The van der Waals surface area contributed by atoms with Gasteiger partial charge in [0.15, 0.2) is 0 Å². The quantitative estimate of drug-likeness (QED) is 0.763. The van der Waals surface area contributed by atoms with E-state index < -0.39 is 5.60 Å². The van der Waals surface area contributed by atoms with Crippen LogP contribution < -0.4 is 16.0 Å². The van der Waals surface area contributed by atoms with Crippen molar-refractivity contribution >= 4 is 23.9 Å². The summed E-state index contributed by atoms with van der Waals surface area (Å²) >= 11 is 0. The van der Waals surface area contributed by atoms with Gasteiger partial charge in [-0.25, -0.2) is 4.79 Å². The highest BCUT2D eigenvalue weighted by Crippen LogP contribution is 2.18. The number of hydrogen-bond donors (Lipinski definition) is 3. The minimum absolute atomic E-state index is 0.0723. The van der Waals surface area contributed by atoms with Gasteiger partial charge in [0.05, 0.1) is 0 Å². The van der Waals surface area contributed by atoms with Crippen LogP contribution in [0.5, 0.6) is 0 Å². The molecule has 1 aliphatic rings. The van der Waals surface area contributed by atoms with Crippen molar-refractivity contribution in [3.63, 3.8) is 0 Å². The summed E-state index contributed by atoms with van der Waals surface area (Å²) < 4.78 is 5.45. The first-order valence-corrected chi connectivity index (χ1v) is 8.17. The van der Waals surface area contributed by atoms with Crippen molar-refractivity contribution in [1.29, 1.82) is 0 Å². The average Bonchev–Trinajstić information content (AvgIpc) is 2.53. The molecular weight excluding hydrogens is 310 g/mol. The number of ether oxygens (including phenoxy) is 1. The van der Waals surface area contributed by atoms with Crippen LogP contribution >= 0.6 is 0 Å². The highest BCUT2D eigenvalue weighted by molar-refractivity contribution is 5.68. The van der Waals surface area contributed by atoms with Crippen LogP contribution in [0, 0.1) is 0 Å². The summed E-state index contributed by atoms with van der Waals surface area (Å²) in [6, 6.07) is 0.0723. The van der Waals surface area contributed by atoms with Crippen molar-refractivity contribution < 1.29 is 9.53 Å². The number of hydrogen-bond acceptors (Lipinski definition) is 8. The van der Waals surface area contributed by atoms with E-state index in [-0.39, 0.29) is 12.1 Å². The third-order valence-corrected chi connectivity index (χ3v) is 3.49. The van der Waals surface area contributed by atoms with Crippen molar-refractivity contribution in [1.82, 2.24) is 19.9 Å². The minimum atomic E-state index is -0.491. The maximum absolute atomic E-state index is 12.2. The third-order valence-electron chi connectivity index (χ3n) is 3.49. The van der Waals surface area contributed by atoms with Gasteiger partial charge in [0.2, 0.25) is 17.8 Å². The van der Waals surface area contributed by atoms with Gasteiger partial charge >= 0.3 is 6.09 Å². The van der Waals surface area contributed by atoms with E-state index in [1.165, 1.54) is 0 Å². The predicted molar refractivity (Wildman–Crippen MR) is 93.4 cm³/mol. The summed E-state index contributed by atoms with van der Waals surface area (Å²) in [6.45, 7) is 6.87. The van der Waals surface area contributed by atoms with E-state index in [1.54, 1.807) is 19.0 Å². The molecule has 2 rings (SSSR count). The Hall–Kier alpha value is -2.32. The molecule has 9 heteroatoms. The first-order valence-electron chi connectivity index (χ1n) is 8.17. The summed E-state index contributed by atoms with van der Waals surface area (Å²) in [7, 11) is 3.51. The Bertz CT molecular complexity index is 551. The second kappa shape index (κ2) is 7.50. The molecule has 2 heterocycles. The lowest BCUT2D eigenvalue weighted by molar-refractivity contribution is 0.0206. The second-order valence-corrected chi connectivity index (χ2v) is 6.72. The fourth-order valence-electron chi connectivity index (χ4n) is 2.43. The van der Waals surface area contributed by atoms with E-state index in [1.807, 2.05) is 20.8 Å². The number of carbonyl (C=O) groups excluding carboxylic acids is 1. The average molecular weight is 337 g/mol. The molecule has 1 atom stereocenters. The summed E-state index contributed by atoms with van der Waals surface area (Å²) in [5, 5.41) is 9.10. The molecule has 1 amide bonds. The van der Waals surface area contributed by atoms with Crippen LogP contribution in [0.1, 0.15) is 33.6 Å². The molecule has 0 bridgehead atoms. The van der Waals surface area contributed by atoms with E-state index in [0.717, 1.165) is 12.8 Å². The Morgan fingerprint density at radius 1 is 1.12 bits per heavy atom. The van der Waals surface area contributed by atoms with Crippen LogP contribution in [0.3, 0.4) is 0 Å². The molecule has 0 aromatic carbocycles. The monoisotopic (exact) mass is 337 g/mol. The van der Waals surface area contributed by atoms with Crippen molar-refractivity contribution in [3.05, 3.63) is 0 Å². The van der Waals surface area contributed by atoms with Crippen LogP contribution in [0.4, 0.5) is 22.6 Å². The standard InChI is InChI=1S/C15H27N7O2/c1-15(2,3)24-14(23)22-8-6-7-10(9-22)18-13-20-11(16-4)19-12(17-5)21-13/h10H,6-9H2,1-5H3,(H3,16,17,18,19,20,21)/t10-/m1/s1.